The molecule has 0 aromatic carbocycles. The smallest absolute Gasteiger partial charge is 0 e. The Morgan fingerprint density at radius 2 is 0.250 bits per heavy atom. The van der Waals surface area contributed by atoms with Gasteiger partial charge in [-0.2, -0.15) is 0 Å². The van der Waals surface area contributed by atoms with Gasteiger partial charge in [-0.15, -0.1) is 0 Å². The first kappa shape index (κ1) is 185. The van der Waals surface area contributed by atoms with Gasteiger partial charge in [-0.1, -0.05) is 107 Å². The fourth-order valence-electron chi connectivity index (χ4n) is 0. The van der Waals surface area contributed by atoms with Crippen LogP contribution in [0.25, 0.3) is 0 Å². The molecule has 0 fully saturated rings. The third-order valence-electron chi connectivity index (χ3n) is 0. The average Bonchev–Trinajstić information content (AvgIpc) is 2.03. The Balaban J connectivity index is -0.00000000114. The molecule has 0 aliphatic rings. The summed E-state index contributed by atoms with van der Waals surface area (Å²) in [5.74, 6) is 0. The van der Waals surface area contributed by atoms with Crippen LogP contribution in [-0.2, 0) is 22.4 Å². The van der Waals surface area contributed by atoms with E-state index in [1.807, 2.05) is 55.4 Å². The molecule has 0 heterocycles. The van der Waals surface area contributed by atoms with E-state index in [0.717, 1.165) is 0 Å². The minimum absolute atomic E-state index is 0. The largest absolute Gasteiger partial charge is 0.0776 e. The summed E-state index contributed by atoms with van der Waals surface area (Å²) in [5, 5.41) is 0. The summed E-state index contributed by atoms with van der Waals surface area (Å²) < 4.78 is 0. The number of rotatable bonds is 0. The normalized spacial score (nSPS) is 1.50. The minimum atomic E-state index is 0. The monoisotopic (exact) mass is 429 g/mol. The number of hydrogen-bond acceptors (Lipinski definition) is 0. The van der Waals surface area contributed by atoms with Crippen molar-refractivity contribution in [3.63, 3.8) is 0 Å². The Bertz CT molecular complexity index is 5.40. The summed E-state index contributed by atoms with van der Waals surface area (Å²) in [6, 6.07) is 0. The molecule has 0 bridgehead atoms. The van der Waals surface area contributed by atoms with Crippen LogP contribution in [-0.4, -0.2) is 0 Å². The predicted octanol–water partition coefficient (Wildman–Crippen LogP) is 8.56. The Labute approximate surface area is 130 Å². The molecule has 0 aromatic heterocycles. The molecule has 0 atom stereocenters. The van der Waals surface area contributed by atoms with Gasteiger partial charge in [-0.25, -0.2) is 0 Å². The SMILES string of the molecule is C.C.C.C.C.C.C.CC.CC.CC.CC.[Au]. The minimum Gasteiger partial charge on any atom is -0.0776 e. The Hall–Kier alpha value is 0.740. The van der Waals surface area contributed by atoms with Gasteiger partial charge in [0.05, 0.1) is 0 Å². The van der Waals surface area contributed by atoms with E-state index in [1.165, 1.54) is 0 Å². The zero-order valence-electron chi connectivity index (χ0n) is 8.30. The summed E-state index contributed by atoms with van der Waals surface area (Å²) in [7, 11) is 0. The Kier molecular flexibility index (Phi) is 72000. The standard InChI is InChI=1S/4C2H6.7CH4.Au/c4*1-2;;;;;;;;/h4*1-2H3;7*1H4;. The van der Waals surface area contributed by atoms with E-state index in [9.17, 15) is 0 Å². The van der Waals surface area contributed by atoms with Crippen molar-refractivity contribution in [2.75, 3.05) is 0 Å². The first-order valence-corrected chi connectivity index (χ1v) is 4.00. The molecule has 0 unspecified atom stereocenters. The Morgan fingerprint density at radius 3 is 0.250 bits per heavy atom. The van der Waals surface area contributed by atoms with E-state index in [4.69, 9.17) is 0 Å². The first-order chi connectivity index (χ1) is 4.00. The fourth-order valence-corrected chi connectivity index (χ4v) is 0. The van der Waals surface area contributed by atoms with Crippen LogP contribution < -0.4 is 0 Å². The molecule has 0 N–H and O–H groups in total. The molecule has 0 aliphatic heterocycles. The van der Waals surface area contributed by atoms with Crippen LogP contribution in [0.15, 0.2) is 0 Å². The van der Waals surface area contributed by atoms with Crippen molar-refractivity contribution >= 4 is 0 Å². The molecule has 0 spiro atoms. The quantitative estimate of drug-likeness (QED) is 0.338. The van der Waals surface area contributed by atoms with E-state index < -0.39 is 0 Å². The second-order valence-corrected chi connectivity index (χ2v) is 0. The molecule has 0 amide bonds. The second-order valence-electron chi connectivity index (χ2n) is 0. The fraction of sp³-hybridized carbons (Fsp3) is 1.00. The van der Waals surface area contributed by atoms with Gasteiger partial charge in [0.1, 0.15) is 0 Å². The predicted molar refractivity (Wildman–Crippen MR) is 92.5 cm³/mol. The van der Waals surface area contributed by atoms with Crippen LogP contribution in [0.3, 0.4) is 0 Å². The van der Waals surface area contributed by atoms with Crippen LogP contribution >= 0.6 is 0 Å². The maximum Gasteiger partial charge on any atom is 0 e. The summed E-state index contributed by atoms with van der Waals surface area (Å²) in [5.41, 5.74) is 0. The molecule has 0 saturated carbocycles. The van der Waals surface area contributed by atoms with Crippen molar-refractivity contribution in [2.45, 2.75) is 107 Å². The van der Waals surface area contributed by atoms with Crippen molar-refractivity contribution in [3.05, 3.63) is 0 Å². The van der Waals surface area contributed by atoms with Crippen molar-refractivity contribution in [2.24, 2.45) is 0 Å². The van der Waals surface area contributed by atoms with E-state index in [0.29, 0.717) is 0 Å². The van der Waals surface area contributed by atoms with Gasteiger partial charge < -0.3 is 0 Å². The third-order valence-corrected chi connectivity index (χ3v) is 0. The maximum absolute atomic E-state index is 2.00. The van der Waals surface area contributed by atoms with Crippen molar-refractivity contribution in [1.29, 1.82) is 0 Å². The zero-order valence-corrected chi connectivity index (χ0v) is 10.5. The molecule has 16 heavy (non-hydrogen) atoms. The van der Waals surface area contributed by atoms with E-state index in [2.05, 4.69) is 0 Å². The molecule has 0 rings (SSSR count). The maximum atomic E-state index is 2.00. The van der Waals surface area contributed by atoms with Crippen molar-refractivity contribution < 1.29 is 22.4 Å². The van der Waals surface area contributed by atoms with Crippen LogP contribution in [0.1, 0.15) is 107 Å². The van der Waals surface area contributed by atoms with Gasteiger partial charge in [0.25, 0.3) is 0 Å². The van der Waals surface area contributed by atoms with Gasteiger partial charge in [-0.3, -0.25) is 0 Å². The average molecular weight is 430 g/mol. The van der Waals surface area contributed by atoms with Crippen LogP contribution in [0, 0.1) is 0 Å². The van der Waals surface area contributed by atoms with E-state index >= 15 is 0 Å². The molecule has 0 saturated heterocycles. The molecular weight excluding hydrogens is 377 g/mol. The van der Waals surface area contributed by atoms with Crippen molar-refractivity contribution in [3.8, 4) is 0 Å². The topological polar surface area (TPSA) is 0 Å². The van der Waals surface area contributed by atoms with Gasteiger partial charge in [-0.05, 0) is 0 Å². The van der Waals surface area contributed by atoms with Gasteiger partial charge in [0.2, 0.25) is 0 Å². The summed E-state index contributed by atoms with van der Waals surface area (Å²) in [4.78, 5) is 0. The summed E-state index contributed by atoms with van der Waals surface area (Å²) in [6.45, 7) is 16.0. The third kappa shape index (κ3) is 5080. The van der Waals surface area contributed by atoms with Gasteiger partial charge >= 0.3 is 0 Å². The molecule has 0 nitrogen and oxygen atoms in total. The summed E-state index contributed by atoms with van der Waals surface area (Å²) >= 11 is 0. The zero-order chi connectivity index (χ0) is 8.00. The molecule has 123 valence electrons. The molecule has 1 radical (unpaired) electrons. The van der Waals surface area contributed by atoms with Crippen LogP contribution in [0.5, 0.6) is 0 Å². The van der Waals surface area contributed by atoms with Crippen LogP contribution in [0.4, 0.5) is 0 Å². The van der Waals surface area contributed by atoms with Crippen LogP contribution in [0.2, 0.25) is 0 Å². The summed E-state index contributed by atoms with van der Waals surface area (Å²) in [6.07, 6.45) is 0. The molecule has 0 aromatic rings. The molecule has 1 heteroatoms. The first-order valence-electron chi connectivity index (χ1n) is 4.00. The molecular formula is C15H52Au. The Morgan fingerprint density at radius 1 is 0.250 bits per heavy atom. The van der Waals surface area contributed by atoms with E-state index in [-0.39, 0.29) is 74.4 Å². The van der Waals surface area contributed by atoms with Crippen molar-refractivity contribution in [1.82, 2.24) is 0 Å². The molecule has 0 aliphatic carbocycles. The van der Waals surface area contributed by atoms with E-state index in [1.54, 1.807) is 0 Å². The second kappa shape index (κ2) is 6240. The number of hydrogen-bond donors (Lipinski definition) is 0. The van der Waals surface area contributed by atoms with Gasteiger partial charge in [0, 0.05) is 22.4 Å². The van der Waals surface area contributed by atoms with Gasteiger partial charge in [0.15, 0.2) is 0 Å².